The zero-order chi connectivity index (χ0) is 11.6. The van der Waals surface area contributed by atoms with Crippen molar-refractivity contribution < 1.29 is 14.9 Å². The molecule has 0 saturated heterocycles. The van der Waals surface area contributed by atoms with Gasteiger partial charge in [-0.2, -0.15) is 0 Å². The first-order valence-electron chi connectivity index (χ1n) is 4.45. The molecule has 1 atom stereocenters. The summed E-state index contributed by atoms with van der Waals surface area (Å²) in [4.78, 5) is 0. The van der Waals surface area contributed by atoms with Gasteiger partial charge >= 0.3 is 0 Å². The number of rotatable bonds is 3. The molecule has 5 heteroatoms. The van der Waals surface area contributed by atoms with Crippen LogP contribution in [0.3, 0.4) is 0 Å². The van der Waals surface area contributed by atoms with Crippen LogP contribution in [-0.2, 0) is 0 Å². The highest BCUT2D eigenvalue weighted by Crippen LogP contribution is 2.40. The van der Waals surface area contributed by atoms with Crippen molar-refractivity contribution in [3.8, 4) is 11.5 Å². The summed E-state index contributed by atoms with van der Waals surface area (Å²) in [6, 6.07) is 1.07. The largest absolute Gasteiger partial charge is 0.504 e. The lowest BCUT2D eigenvalue weighted by molar-refractivity contribution is 0.263. The van der Waals surface area contributed by atoms with Gasteiger partial charge in [-0.25, -0.2) is 0 Å². The van der Waals surface area contributed by atoms with Gasteiger partial charge in [0.15, 0.2) is 11.5 Å². The first-order valence-corrected chi connectivity index (χ1v) is 5.24. The molecule has 0 spiro atoms. The Labute approximate surface area is 96.8 Å². The van der Waals surface area contributed by atoms with E-state index >= 15 is 0 Å². The van der Waals surface area contributed by atoms with Crippen LogP contribution in [0.1, 0.15) is 17.2 Å². The fourth-order valence-electron chi connectivity index (χ4n) is 1.36. The minimum absolute atomic E-state index is 0.0310. The molecule has 1 rings (SSSR count). The van der Waals surface area contributed by atoms with E-state index in [1.165, 1.54) is 7.11 Å². The van der Waals surface area contributed by atoms with Crippen molar-refractivity contribution in [3.63, 3.8) is 0 Å². The van der Waals surface area contributed by atoms with E-state index in [1.54, 1.807) is 6.07 Å². The van der Waals surface area contributed by atoms with Crippen LogP contribution in [0.15, 0.2) is 10.5 Å². The summed E-state index contributed by atoms with van der Waals surface area (Å²) in [5.74, 6) is 0.325. The lowest BCUT2D eigenvalue weighted by atomic mass is 10.0. The number of phenolic OH excluding ortho intramolecular Hbond substituents is 1. The molecule has 0 amide bonds. The Hall–Kier alpha value is -0.780. The van der Waals surface area contributed by atoms with E-state index < -0.39 is 6.04 Å². The number of phenols is 1. The van der Waals surface area contributed by atoms with Crippen LogP contribution in [0.2, 0.25) is 0 Å². The maximum Gasteiger partial charge on any atom is 0.163 e. The van der Waals surface area contributed by atoms with E-state index in [9.17, 15) is 5.11 Å². The molecule has 1 aromatic rings. The van der Waals surface area contributed by atoms with E-state index in [0.29, 0.717) is 15.8 Å². The molecule has 84 valence electrons. The minimum Gasteiger partial charge on any atom is -0.504 e. The van der Waals surface area contributed by atoms with E-state index in [0.717, 1.165) is 5.56 Å². The molecular formula is C10H14BrNO3. The number of halogens is 1. The van der Waals surface area contributed by atoms with Gasteiger partial charge in [0.05, 0.1) is 19.8 Å². The molecule has 0 aliphatic heterocycles. The smallest absolute Gasteiger partial charge is 0.163 e. The van der Waals surface area contributed by atoms with Gasteiger partial charge in [0.1, 0.15) is 0 Å². The van der Waals surface area contributed by atoms with Gasteiger partial charge in [0.25, 0.3) is 0 Å². The number of aryl methyl sites for hydroxylation is 1. The summed E-state index contributed by atoms with van der Waals surface area (Å²) in [7, 11) is 1.47. The zero-order valence-electron chi connectivity index (χ0n) is 8.62. The molecule has 1 unspecified atom stereocenters. The van der Waals surface area contributed by atoms with Crippen molar-refractivity contribution in [1.29, 1.82) is 0 Å². The fraction of sp³-hybridized carbons (Fsp3) is 0.400. The average Bonchev–Trinajstić information content (AvgIpc) is 2.23. The van der Waals surface area contributed by atoms with E-state index in [1.807, 2.05) is 6.92 Å². The summed E-state index contributed by atoms with van der Waals surface area (Å²) in [6.07, 6.45) is 0. The predicted octanol–water partition coefficient (Wildman–Crippen LogP) is 1.46. The number of hydrogen-bond donors (Lipinski definition) is 3. The summed E-state index contributed by atoms with van der Waals surface area (Å²) >= 11 is 3.33. The second kappa shape index (κ2) is 4.83. The highest BCUT2D eigenvalue weighted by atomic mass is 79.9. The normalized spacial score (nSPS) is 12.6. The number of hydrogen-bond acceptors (Lipinski definition) is 4. The summed E-state index contributed by atoms with van der Waals surface area (Å²) in [5, 5.41) is 18.8. The van der Waals surface area contributed by atoms with Gasteiger partial charge in [0.2, 0.25) is 0 Å². The maximum atomic E-state index is 9.85. The van der Waals surface area contributed by atoms with Crippen LogP contribution >= 0.6 is 15.9 Å². The van der Waals surface area contributed by atoms with Crippen LogP contribution in [0.5, 0.6) is 11.5 Å². The number of aliphatic hydroxyl groups is 1. The number of ether oxygens (including phenoxy) is 1. The van der Waals surface area contributed by atoms with Crippen molar-refractivity contribution in [2.45, 2.75) is 13.0 Å². The molecule has 0 heterocycles. The molecular weight excluding hydrogens is 262 g/mol. The molecule has 0 aliphatic rings. The lowest BCUT2D eigenvalue weighted by Crippen LogP contribution is -2.16. The van der Waals surface area contributed by atoms with Crippen LogP contribution in [0.4, 0.5) is 0 Å². The molecule has 4 nitrogen and oxygen atoms in total. The first kappa shape index (κ1) is 12.3. The first-order chi connectivity index (χ1) is 7.02. The number of nitrogens with two attached hydrogens (primary N) is 1. The van der Waals surface area contributed by atoms with Crippen molar-refractivity contribution in [1.82, 2.24) is 0 Å². The Balaban J connectivity index is 3.40. The minimum atomic E-state index is -0.631. The van der Waals surface area contributed by atoms with Gasteiger partial charge in [-0.3, -0.25) is 0 Å². The molecule has 0 aliphatic carbocycles. The third-order valence-electron chi connectivity index (χ3n) is 2.21. The van der Waals surface area contributed by atoms with Gasteiger partial charge in [-0.05, 0) is 18.6 Å². The quantitative estimate of drug-likeness (QED) is 0.781. The SMILES string of the molecule is COc1cc(C)c(Br)c(C(N)CO)c1O. The lowest BCUT2D eigenvalue weighted by Gasteiger charge is -2.17. The van der Waals surface area contributed by atoms with E-state index in [4.69, 9.17) is 15.6 Å². The van der Waals surface area contributed by atoms with Gasteiger partial charge in [-0.1, -0.05) is 15.9 Å². The Morgan fingerprint density at radius 1 is 1.60 bits per heavy atom. The summed E-state index contributed by atoms with van der Waals surface area (Å²) < 4.78 is 5.70. The van der Waals surface area contributed by atoms with Gasteiger partial charge < -0.3 is 20.7 Å². The highest BCUT2D eigenvalue weighted by Gasteiger charge is 2.19. The van der Waals surface area contributed by atoms with Crippen LogP contribution < -0.4 is 10.5 Å². The van der Waals surface area contributed by atoms with Gasteiger partial charge in [-0.15, -0.1) is 0 Å². The van der Waals surface area contributed by atoms with E-state index in [2.05, 4.69) is 15.9 Å². The maximum absolute atomic E-state index is 9.85. The third kappa shape index (κ3) is 2.25. The van der Waals surface area contributed by atoms with Crippen molar-refractivity contribution >= 4 is 15.9 Å². The number of benzene rings is 1. The molecule has 15 heavy (non-hydrogen) atoms. The highest BCUT2D eigenvalue weighted by molar-refractivity contribution is 9.10. The Kier molecular flexibility index (Phi) is 3.96. The predicted molar refractivity (Wildman–Crippen MR) is 61.1 cm³/mol. The molecule has 0 bridgehead atoms. The molecule has 0 aromatic heterocycles. The Morgan fingerprint density at radius 2 is 2.20 bits per heavy atom. The number of aromatic hydroxyl groups is 1. The molecule has 1 aromatic carbocycles. The molecule has 4 N–H and O–H groups in total. The summed E-state index contributed by atoms with van der Waals surface area (Å²) in [5.41, 5.74) is 7.05. The van der Waals surface area contributed by atoms with Crippen molar-refractivity contribution in [2.75, 3.05) is 13.7 Å². The van der Waals surface area contributed by atoms with Crippen molar-refractivity contribution in [2.24, 2.45) is 5.73 Å². The molecule has 0 radical (unpaired) electrons. The third-order valence-corrected chi connectivity index (χ3v) is 3.26. The molecule has 0 fully saturated rings. The topological polar surface area (TPSA) is 75.7 Å². The van der Waals surface area contributed by atoms with Crippen molar-refractivity contribution in [3.05, 3.63) is 21.7 Å². The van der Waals surface area contributed by atoms with Crippen LogP contribution in [-0.4, -0.2) is 23.9 Å². The second-order valence-electron chi connectivity index (χ2n) is 3.26. The van der Waals surface area contributed by atoms with E-state index in [-0.39, 0.29) is 12.4 Å². The molecule has 0 saturated carbocycles. The number of aliphatic hydroxyl groups excluding tert-OH is 1. The van der Waals surface area contributed by atoms with Gasteiger partial charge in [0, 0.05) is 10.0 Å². The van der Waals surface area contributed by atoms with Crippen LogP contribution in [0, 0.1) is 6.92 Å². The summed E-state index contributed by atoms with van der Waals surface area (Å²) in [6.45, 7) is 1.62. The van der Waals surface area contributed by atoms with Crippen LogP contribution in [0.25, 0.3) is 0 Å². The monoisotopic (exact) mass is 275 g/mol. The fourth-order valence-corrected chi connectivity index (χ4v) is 1.96. The Bertz CT molecular complexity index is 368. The average molecular weight is 276 g/mol. The second-order valence-corrected chi connectivity index (χ2v) is 4.05. The Morgan fingerprint density at radius 3 is 2.67 bits per heavy atom. The standard InChI is InChI=1S/C10H14BrNO3/c1-5-3-7(15-2)10(14)8(9(5)11)6(12)4-13/h3,6,13-14H,4,12H2,1-2H3. The number of methoxy groups -OCH3 is 1. The zero-order valence-corrected chi connectivity index (χ0v) is 10.2.